The van der Waals surface area contributed by atoms with Crippen molar-refractivity contribution in [1.82, 2.24) is 5.32 Å². The number of anilines is 3. The van der Waals surface area contributed by atoms with Gasteiger partial charge in [0.05, 0.1) is 6.04 Å². The summed E-state index contributed by atoms with van der Waals surface area (Å²) in [5.74, 6) is 0.663. The fourth-order valence-electron chi connectivity index (χ4n) is 4.20. The van der Waals surface area contributed by atoms with Gasteiger partial charge in [-0.05, 0) is 61.6 Å². The smallest absolute Gasteiger partial charge is 0.323 e. The third-order valence-corrected chi connectivity index (χ3v) is 5.62. The lowest BCUT2D eigenvalue weighted by Crippen LogP contribution is -2.39. The molecule has 1 aliphatic heterocycles. The van der Waals surface area contributed by atoms with Crippen LogP contribution in [0.3, 0.4) is 0 Å². The first-order chi connectivity index (χ1) is 13.7. The quantitative estimate of drug-likeness (QED) is 0.644. The molecule has 3 atom stereocenters. The highest BCUT2D eigenvalue weighted by atomic mass is 16.2. The van der Waals surface area contributed by atoms with Crippen LogP contribution in [0, 0.1) is 5.92 Å². The molecule has 28 heavy (non-hydrogen) atoms. The van der Waals surface area contributed by atoms with Crippen molar-refractivity contribution < 1.29 is 9.59 Å². The van der Waals surface area contributed by atoms with Crippen LogP contribution in [0.1, 0.15) is 32.1 Å². The average molecular weight is 378 g/mol. The summed E-state index contributed by atoms with van der Waals surface area (Å²) < 4.78 is 0. The molecule has 0 aromatic heterocycles. The van der Waals surface area contributed by atoms with E-state index in [4.69, 9.17) is 0 Å². The van der Waals surface area contributed by atoms with E-state index in [1.54, 1.807) is 24.3 Å². The minimum atomic E-state index is -0.305. The van der Waals surface area contributed by atoms with Crippen LogP contribution in [0.5, 0.6) is 0 Å². The van der Waals surface area contributed by atoms with E-state index in [-0.39, 0.29) is 18.0 Å². The molecule has 6 heteroatoms. The monoisotopic (exact) mass is 378 g/mol. The van der Waals surface area contributed by atoms with Crippen LogP contribution in [0.25, 0.3) is 0 Å². The Balaban J connectivity index is 1.28. The van der Waals surface area contributed by atoms with Crippen LogP contribution in [-0.2, 0) is 4.79 Å². The van der Waals surface area contributed by atoms with Gasteiger partial charge in [0.2, 0.25) is 5.91 Å². The maximum absolute atomic E-state index is 12.6. The molecule has 2 fully saturated rings. The number of urea groups is 1. The molecule has 6 nitrogen and oxygen atoms in total. The number of rotatable bonds is 4. The maximum Gasteiger partial charge on any atom is 0.323 e. The van der Waals surface area contributed by atoms with Crippen LogP contribution in [-0.4, -0.2) is 24.0 Å². The van der Waals surface area contributed by atoms with Gasteiger partial charge in [-0.25, -0.2) is 4.79 Å². The number of fused-ring (bicyclic) bond motifs is 1. The summed E-state index contributed by atoms with van der Waals surface area (Å²) in [6, 6.07) is 16.5. The zero-order chi connectivity index (χ0) is 19.3. The van der Waals surface area contributed by atoms with E-state index in [1.165, 1.54) is 25.7 Å². The summed E-state index contributed by atoms with van der Waals surface area (Å²) in [5, 5.41) is 12.0. The standard InChI is InChI=1S/C22H26N4O2/c27-21(20-14-15-6-4-5-9-19(15)26-20)23-17-10-12-18(13-11-17)25-22(28)24-16-7-2-1-3-8-16/h1-3,7-8,10-13,15,19-20,26H,4-6,9,14H2,(H,23,27)(H2,24,25,28). The highest BCUT2D eigenvalue weighted by Gasteiger charge is 2.38. The molecule has 4 rings (SSSR count). The normalized spacial score (nSPS) is 23.5. The van der Waals surface area contributed by atoms with Crippen molar-refractivity contribution in [1.29, 1.82) is 0 Å². The molecule has 146 valence electrons. The number of benzene rings is 2. The Bertz CT molecular complexity index is 808. The van der Waals surface area contributed by atoms with Crippen molar-refractivity contribution in [3.63, 3.8) is 0 Å². The average Bonchev–Trinajstić information content (AvgIpc) is 3.15. The van der Waals surface area contributed by atoms with Crippen LogP contribution in [0.15, 0.2) is 54.6 Å². The van der Waals surface area contributed by atoms with E-state index >= 15 is 0 Å². The molecule has 3 unspecified atom stereocenters. The van der Waals surface area contributed by atoms with Gasteiger partial charge in [-0.15, -0.1) is 0 Å². The number of hydrogen-bond acceptors (Lipinski definition) is 3. The van der Waals surface area contributed by atoms with E-state index in [9.17, 15) is 9.59 Å². The summed E-state index contributed by atoms with van der Waals surface area (Å²) in [6.07, 6.45) is 5.88. The van der Waals surface area contributed by atoms with Crippen molar-refractivity contribution in [3.8, 4) is 0 Å². The number of carbonyl (C=O) groups is 2. The molecule has 1 aliphatic carbocycles. The molecule has 2 aromatic rings. The fourth-order valence-corrected chi connectivity index (χ4v) is 4.20. The first kappa shape index (κ1) is 18.5. The molecular formula is C22H26N4O2. The number of amides is 3. The Morgan fingerprint density at radius 2 is 1.39 bits per heavy atom. The third-order valence-electron chi connectivity index (χ3n) is 5.62. The molecular weight excluding hydrogens is 352 g/mol. The number of nitrogens with one attached hydrogen (secondary N) is 4. The minimum Gasteiger partial charge on any atom is -0.325 e. The van der Waals surface area contributed by atoms with E-state index in [0.29, 0.717) is 17.6 Å². The SMILES string of the molecule is O=C(Nc1ccccc1)Nc1ccc(NC(=O)C2CC3CCCCC3N2)cc1. The van der Waals surface area contributed by atoms with Gasteiger partial charge in [0, 0.05) is 23.1 Å². The minimum absolute atomic E-state index is 0.0249. The topological polar surface area (TPSA) is 82.3 Å². The molecule has 1 heterocycles. The van der Waals surface area contributed by atoms with Crippen molar-refractivity contribution in [2.24, 2.45) is 5.92 Å². The fraction of sp³-hybridized carbons (Fsp3) is 0.364. The number of carbonyl (C=O) groups excluding carboxylic acids is 2. The first-order valence-corrected chi connectivity index (χ1v) is 9.97. The second kappa shape index (κ2) is 8.44. The molecule has 0 spiro atoms. The Labute approximate surface area is 165 Å². The molecule has 3 amide bonds. The molecule has 1 saturated heterocycles. The predicted octanol–water partition coefficient (Wildman–Crippen LogP) is 4.19. The van der Waals surface area contributed by atoms with Gasteiger partial charge in [0.15, 0.2) is 0 Å². The molecule has 4 N–H and O–H groups in total. The second-order valence-corrected chi connectivity index (χ2v) is 7.62. The molecule has 0 bridgehead atoms. The predicted molar refractivity (Wildman–Crippen MR) is 111 cm³/mol. The lowest BCUT2D eigenvalue weighted by Gasteiger charge is -2.24. The van der Waals surface area contributed by atoms with Gasteiger partial charge in [-0.3, -0.25) is 4.79 Å². The lowest BCUT2D eigenvalue weighted by atomic mass is 9.85. The van der Waals surface area contributed by atoms with Crippen LogP contribution in [0.2, 0.25) is 0 Å². The number of para-hydroxylation sites is 1. The van der Waals surface area contributed by atoms with E-state index in [0.717, 1.165) is 17.8 Å². The van der Waals surface area contributed by atoms with Gasteiger partial charge < -0.3 is 21.3 Å². The van der Waals surface area contributed by atoms with Gasteiger partial charge in [0.1, 0.15) is 0 Å². The van der Waals surface area contributed by atoms with E-state index in [1.807, 2.05) is 30.3 Å². The van der Waals surface area contributed by atoms with Gasteiger partial charge in [0.25, 0.3) is 0 Å². The molecule has 0 radical (unpaired) electrons. The maximum atomic E-state index is 12.6. The van der Waals surface area contributed by atoms with Crippen molar-refractivity contribution in [3.05, 3.63) is 54.6 Å². The Kier molecular flexibility index (Phi) is 5.58. The van der Waals surface area contributed by atoms with Crippen LogP contribution < -0.4 is 21.3 Å². The zero-order valence-corrected chi connectivity index (χ0v) is 15.8. The van der Waals surface area contributed by atoms with Gasteiger partial charge in [-0.2, -0.15) is 0 Å². The summed E-state index contributed by atoms with van der Waals surface area (Å²) in [5.41, 5.74) is 2.13. The van der Waals surface area contributed by atoms with Crippen molar-refractivity contribution >= 4 is 29.0 Å². The summed E-state index contributed by atoms with van der Waals surface area (Å²) in [4.78, 5) is 24.6. The Morgan fingerprint density at radius 1 is 0.786 bits per heavy atom. The largest absolute Gasteiger partial charge is 0.325 e. The lowest BCUT2D eigenvalue weighted by molar-refractivity contribution is -0.117. The van der Waals surface area contributed by atoms with Crippen molar-refractivity contribution in [2.45, 2.75) is 44.2 Å². The molecule has 1 saturated carbocycles. The summed E-state index contributed by atoms with van der Waals surface area (Å²) in [6.45, 7) is 0. The second-order valence-electron chi connectivity index (χ2n) is 7.62. The molecule has 2 aliphatic rings. The third kappa shape index (κ3) is 4.51. The van der Waals surface area contributed by atoms with E-state index in [2.05, 4.69) is 21.3 Å². The Hall–Kier alpha value is -2.86. The number of hydrogen-bond donors (Lipinski definition) is 4. The van der Waals surface area contributed by atoms with Crippen LogP contribution >= 0.6 is 0 Å². The highest BCUT2D eigenvalue weighted by molar-refractivity contribution is 6.00. The summed E-state index contributed by atoms with van der Waals surface area (Å²) >= 11 is 0. The first-order valence-electron chi connectivity index (χ1n) is 9.97. The summed E-state index contributed by atoms with van der Waals surface area (Å²) in [7, 11) is 0. The van der Waals surface area contributed by atoms with Crippen LogP contribution in [0.4, 0.5) is 21.9 Å². The van der Waals surface area contributed by atoms with Crippen molar-refractivity contribution in [2.75, 3.05) is 16.0 Å². The Morgan fingerprint density at radius 3 is 2.07 bits per heavy atom. The zero-order valence-electron chi connectivity index (χ0n) is 15.8. The molecule has 2 aromatic carbocycles. The highest BCUT2D eigenvalue weighted by Crippen LogP contribution is 2.33. The van der Waals surface area contributed by atoms with Gasteiger partial charge in [-0.1, -0.05) is 31.0 Å². The van der Waals surface area contributed by atoms with Gasteiger partial charge >= 0.3 is 6.03 Å². The van der Waals surface area contributed by atoms with E-state index < -0.39 is 0 Å².